The Morgan fingerprint density at radius 1 is 1.05 bits per heavy atom. The summed E-state index contributed by atoms with van der Waals surface area (Å²) in [4.78, 5) is 8.90. The molecule has 4 rings (SSSR count). The van der Waals surface area contributed by atoms with Gasteiger partial charge in [0.1, 0.15) is 11.6 Å². The molecule has 1 aromatic heterocycles. The average molecular weight is 564 g/mol. The minimum absolute atomic E-state index is 0. The maximum Gasteiger partial charge on any atom is 0.243 e. The van der Waals surface area contributed by atoms with Gasteiger partial charge in [0.15, 0.2) is 0 Å². The van der Waals surface area contributed by atoms with Crippen molar-refractivity contribution in [2.75, 3.05) is 30.3 Å². The Bertz CT molecular complexity index is 1260. The number of benzene rings is 2. The molecule has 0 saturated carbocycles. The second-order valence-electron chi connectivity index (χ2n) is 9.10. The Labute approximate surface area is 229 Å². The van der Waals surface area contributed by atoms with Crippen molar-refractivity contribution in [2.24, 2.45) is 5.73 Å². The van der Waals surface area contributed by atoms with Crippen LogP contribution in [0.2, 0.25) is 0 Å². The van der Waals surface area contributed by atoms with Crippen molar-refractivity contribution >= 4 is 45.6 Å². The van der Waals surface area contributed by atoms with Crippen molar-refractivity contribution in [3.63, 3.8) is 0 Å². The van der Waals surface area contributed by atoms with Gasteiger partial charge in [-0.05, 0) is 93.4 Å². The molecule has 5 N–H and O–H groups in total. The minimum atomic E-state index is -3.68. The van der Waals surface area contributed by atoms with Gasteiger partial charge in [0, 0.05) is 36.2 Å². The summed E-state index contributed by atoms with van der Waals surface area (Å²) >= 11 is 0. The zero-order chi connectivity index (χ0) is 26.3. The third kappa shape index (κ3) is 7.84. The summed E-state index contributed by atoms with van der Waals surface area (Å²) < 4.78 is 42.0. The summed E-state index contributed by atoms with van der Waals surface area (Å²) in [5.41, 5.74) is 7.46. The van der Waals surface area contributed by atoms with Gasteiger partial charge in [-0.2, -0.15) is 9.29 Å². The van der Waals surface area contributed by atoms with E-state index in [1.54, 1.807) is 53.0 Å². The van der Waals surface area contributed by atoms with Crippen LogP contribution in [0.5, 0.6) is 0 Å². The van der Waals surface area contributed by atoms with Gasteiger partial charge in [0.25, 0.3) is 0 Å². The minimum Gasteiger partial charge on any atom is -0.340 e. The fourth-order valence-electron chi connectivity index (χ4n) is 4.24. The molecule has 0 spiro atoms. The number of nitrogens with two attached hydrogens (primary N) is 1. The molecule has 206 valence electrons. The molecule has 2 aromatic carbocycles. The molecule has 1 saturated heterocycles. The fourth-order valence-corrected chi connectivity index (χ4v) is 5.94. The first-order valence-electron chi connectivity index (χ1n) is 12.6. The number of hydrogen-bond acceptors (Lipinski definition) is 8. The summed E-state index contributed by atoms with van der Waals surface area (Å²) in [6.45, 7) is 4.02. The monoisotopic (exact) mass is 563 g/mol. The second kappa shape index (κ2) is 13.8. The second-order valence-corrected chi connectivity index (χ2v) is 11.0. The van der Waals surface area contributed by atoms with Crippen molar-refractivity contribution in [1.82, 2.24) is 19.6 Å². The molecule has 0 amide bonds. The van der Waals surface area contributed by atoms with E-state index in [0.717, 1.165) is 32.4 Å². The van der Waals surface area contributed by atoms with Crippen LogP contribution in [0.4, 0.5) is 27.5 Å². The lowest BCUT2D eigenvalue weighted by Gasteiger charge is -2.34. The standard InChI is InChI=1S/C26H34FN7O2S.ClH/c1-2-20(28)14-18-34(23-11-15-29-16-12-23)37(35,36)24-9-7-22(8-10-24)32-26-30-17-13-25(33-26)31-21-5-3-19(27)4-6-21;/h3-10,13,17,20,23,29H,2,11-12,14-16,18,28H2,1H3,(H2,30,31,32,33);1H. The highest BCUT2D eigenvalue weighted by molar-refractivity contribution is 7.89. The van der Waals surface area contributed by atoms with Crippen molar-refractivity contribution in [3.05, 3.63) is 66.6 Å². The Hall–Kier alpha value is -2.83. The average Bonchev–Trinajstić information content (AvgIpc) is 2.91. The lowest BCUT2D eigenvalue weighted by Crippen LogP contribution is -2.47. The largest absolute Gasteiger partial charge is 0.340 e. The Morgan fingerprint density at radius 3 is 2.34 bits per heavy atom. The lowest BCUT2D eigenvalue weighted by atomic mass is 10.1. The number of hydrogen-bond donors (Lipinski definition) is 4. The zero-order valence-electron chi connectivity index (χ0n) is 21.3. The van der Waals surface area contributed by atoms with Crippen LogP contribution in [0.15, 0.2) is 65.7 Å². The molecule has 38 heavy (non-hydrogen) atoms. The summed E-state index contributed by atoms with van der Waals surface area (Å²) in [5.74, 6) is 0.559. The number of piperidine rings is 1. The number of aromatic nitrogens is 2. The molecule has 1 atom stereocenters. The van der Waals surface area contributed by atoms with E-state index in [0.29, 0.717) is 36.1 Å². The van der Waals surface area contributed by atoms with Gasteiger partial charge in [0.05, 0.1) is 4.90 Å². The van der Waals surface area contributed by atoms with E-state index in [9.17, 15) is 12.8 Å². The number of nitrogens with one attached hydrogen (secondary N) is 3. The van der Waals surface area contributed by atoms with E-state index >= 15 is 0 Å². The van der Waals surface area contributed by atoms with Gasteiger partial charge < -0.3 is 21.7 Å². The van der Waals surface area contributed by atoms with Gasteiger partial charge >= 0.3 is 0 Å². The molecule has 12 heteroatoms. The highest BCUT2D eigenvalue weighted by Crippen LogP contribution is 2.25. The van der Waals surface area contributed by atoms with Crippen LogP contribution in [0.25, 0.3) is 0 Å². The zero-order valence-corrected chi connectivity index (χ0v) is 22.9. The van der Waals surface area contributed by atoms with E-state index in [2.05, 4.69) is 25.9 Å². The molecule has 0 radical (unpaired) electrons. The molecule has 1 aliphatic rings. The van der Waals surface area contributed by atoms with E-state index in [1.165, 1.54) is 12.1 Å². The van der Waals surface area contributed by atoms with Crippen LogP contribution in [-0.4, -0.2) is 54.4 Å². The number of rotatable bonds is 11. The summed E-state index contributed by atoms with van der Waals surface area (Å²) in [6, 6.07) is 14.2. The predicted molar refractivity (Wildman–Crippen MR) is 151 cm³/mol. The van der Waals surface area contributed by atoms with E-state index in [4.69, 9.17) is 5.73 Å². The lowest BCUT2D eigenvalue weighted by molar-refractivity contribution is 0.254. The third-order valence-electron chi connectivity index (χ3n) is 6.45. The van der Waals surface area contributed by atoms with Crippen LogP contribution >= 0.6 is 12.4 Å². The van der Waals surface area contributed by atoms with Crippen molar-refractivity contribution < 1.29 is 12.8 Å². The molecular weight excluding hydrogens is 529 g/mol. The quantitative estimate of drug-likeness (QED) is 0.271. The van der Waals surface area contributed by atoms with Crippen LogP contribution in [-0.2, 0) is 10.0 Å². The van der Waals surface area contributed by atoms with Crippen LogP contribution in [0, 0.1) is 5.82 Å². The maximum absolute atomic E-state index is 13.6. The van der Waals surface area contributed by atoms with Gasteiger partial charge in [-0.25, -0.2) is 17.8 Å². The molecule has 1 unspecified atom stereocenters. The smallest absolute Gasteiger partial charge is 0.243 e. The Balaban J connectivity index is 0.00000400. The molecule has 2 heterocycles. The molecule has 1 aliphatic heterocycles. The normalized spacial score (nSPS) is 15.1. The van der Waals surface area contributed by atoms with E-state index in [-0.39, 0.29) is 35.2 Å². The van der Waals surface area contributed by atoms with E-state index < -0.39 is 10.0 Å². The summed E-state index contributed by atoms with van der Waals surface area (Å²) in [5, 5.41) is 9.50. The molecule has 1 fully saturated rings. The van der Waals surface area contributed by atoms with Gasteiger partial charge in [-0.15, -0.1) is 12.4 Å². The first kappa shape index (κ1) is 29.7. The number of nitrogens with zero attached hydrogens (tertiary/aromatic N) is 3. The first-order chi connectivity index (χ1) is 17.8. The summed E-state index contributed by atoms with van der Waals surface area (Å²) in [6.07, 6.45) is 4.58. The van der Waals surface area contributed by atoms with Crippen LogP contribution in [0.1, 0.15) is 32.6 Å². The van der Waals surface area contributed by atoms with Gasteiger partial charge in [-0.3, -0.25) is 0 Å². The van der Waals surface area contributed by atoms with Crippen molar-refractivity contribution in [1.29, 1.82) is 0 Å². The SMILES string of the molecule is CCC(N)CCN(C1CCNCC1)S(=O)(=O)c1ccc(Nc2nccc(Nc3ccc(F)cc3)n2)cc1.Cl. The Kier molecular flexibility index (Phi) is 10.8. The molecular formula is C26H35ClFN7O2S. The fraction of sp³-hybridized carbons (Fsp3) is 0.385. The molecule has 0 bridgehead atoms. The summed E-state index contributed by atoms with van der Waals surface area (Å²) in [7, 11) is -3.68. The maximum atomic E-state index is 13.6. The van der Waals surface area contributed by atoms with E-state index in [1.807, 2.05) is 6.92 Å². The third-order valence-corrected chi connectivity index (χ3v) is 8.42. The molecule has 9 nitrogen and oxygen atoms in total. The van der Waals surface area contributed by atoms with Crippen LogP contribution in [0.3, 0.4) is 0 Å². The van der Waals surface area contributed by atoms with Gasteiger partial charge in [-0.1, -0.05) is 6.92 Å². The number of halogens is 2. The number of anilines is 4. The Morgan fingerprint density at radius 2 is 1.68 bits per heavy atom. The van der Waals surface area contributed by atoms with Crippen molar-refractivity contribution in [2.45, 2.75) is 49.6 Å². The predicted octanol–water partition coefficient (Wildman–Crippen LogP) is 4.39. The van der Waals surface area contributed by atoms with Gasteiger partial charge in [0.2, 0.25) is 16.0 Å². The first-order valence-corrected chi connectivity index (χ1v) is 14.0. The topological polar surface area (TPSA) is 125 Å². The highest BCUT2D eigenvalue weighted by atomic mass is 35.5. The highest BCUT2D eigenvalue weighted by Gasteiger charge is 2.32. The van der Waals surface area contributed by atoms with Crippen molar-refractivity contribution in [3.8, 4) is 0 Å². The molecule has 0 aliphatic carbocycles. The van der Waals surface area contributed by atoms with Crippen LogP contribution < -0.4 is 21.7 Å². The molecule has 3 aromatic rings. The number of sulfonamides is 1.